The van der Waals surface area contributed by atoms with Gasteiger partial charge in [-0.05, 0) is 20.8 Å². The van der Waals surface area contributed by atoms with Crippen molar-refractivity contribution in [3.05, 3.63) is 22.7 Å². The minimum absolute atomic E-state index is 0.336. The van der Waals surface area contributed by atoms with Crippen LogP contribution in [0.25, 0.3) is 11.2 Å². The van der Waals surface area contributed by atoms with Crippen molar-refractivity contribution in [3.63, 3.8) is 0 Å². The molecule has 2 heterocycles. The zero-order chi connectivity index (χ0) is 14.2. The number of nitrogens with one attached hydrogen (secondary N) is 2. The lowest BCUT2D eigenvalue weighted by Crippen LogP contribution is -2.27. The maximum Gasteiger partial charge on any atom is 0.412 e. The summed E-state index contributed by atoms with van der Waals surface area (Å²) in [6, 6.07) is 1.30. The van der Waals surface area contributed by atoms with Gasteiger partial charge in [-0.25, -0.2) is 9.78 Å². The molecule has 102 valence electrons. The maximum atomic E-state index is 11.7. The Kier molecular flexibility index (Phi) is 3.05. The molecule has 0 aromatic carbocycles. The highest BCUT2D eigenvalue weighted by atomic mass is 16.6. The van der Waals surface area contributed by atoms with Crippen LogP contribution in [0.15, 0.2) is 17.2 Å². The molecule has 1 amide bonds. The number of hydrogen-bond acceptors (Lipinski definition) is 4. The molecular weight excluding hydrogens is 248 g/mol. The molecule has 2 rings (SSSR count). The summed E-state index contributed by atoms with van der Waals surface area (Å²) in [5.74, 6) is 0. The van der Waals surface area contributed by atoms with Crippen molar-refractivity contribution in [3.8, 4) is 0 Å². The maximum absolute atomic E-state index is 11.7. The first kappa shape index (κ1) is 13.1. The minimum Gasteiger partial charge on any atom is -0.444 e. The fourth-order valence-corrected chi connectivity index (χ4v) is 1.70. The number of H-pyrrole nitrogens is 1. The van der Waals surface area contributed by atoms with E-state index in [4.69, 9.17) is 4.74 Å². The highest BCUT2D eigenvalue weighted by Crippen LogP contribution is 2.19. The van der Waals surface area contributed by atoms with Crippen LogP contribution in [0.4, 0.5) is 10.5 Å². The van der Waals surface area contributed by atoms with Crippen molar-refractivity contribution in [1.29, 1.82) is 0 Å². The molecule has 0 spiro atoms. The molecule has 19 heavy (non-hydrogen) atoms. The van der Waals surface area contributed by atoms with Crippen LogP contribution in [-0.2, 0) is 11.8 Å². The van der Waals surface area contributed by atoms with E-state index >= 15 is 0 Å². The van der Waals surface area contributed by atoms with E-state index < -0.39 is 11.7 Å². The number of aryl methyl sites for hydroxylation is 1. The van der Waals surface area contributed by atoms with E-state index in [1.165, 1.54) is 6.07 Å². The van der Waals surface area contributed by atoms with E-state index in [0.29, 0.717) is 16.9 Å². The van der Waals surface area contributed by atoms with Crippen molar-refractivity contribution < 1.29 is 9.53 Å². The molecule has 0 unspecified atom stereocenters. The van der Waals surface area contributed by atoms with Gasteiger partial charge in [-0.15, -0.1) is 0 Å². The molecule has 0 saturated carbocycles. The summed E-state index contributed by atoms with van der Waals surface area (Å²) in [4.78, 5) is 29.9. The summed E-state index contributed by atoms with van der Waals surface area (Å²) in [5, 5.41) is 2.57. The molecule has 7 heteroatoms. The molecule has 2 N–H and O–H groups in total. The Hall–Kier alpha value is -2.31. The van der Waals surface area contributed by atoms with Gasteiger partial charge in [-0.1, -0.05) is 0 Å². The lowest BCUT2D eigenvalue weighted by atomic mass is 10.2. The number of pyridine rings is 1. The van der Waals surface area contributed by atoms with E-state index in [1.807, 2.05) is 0 Å². The van der Waals surface area contributed by atoms with Crippen molar-refractivity contribution in [1.82, 2.24) is 14.5 Å². The van der Waals surface area contributed by atoms with Crippen LogP contribution >= 0.6 is 0 Å². The van der Waals surface area contributed by atoms with Crippen molar-refractivity contribution in [2.45, 2.75) is 26.4 Å². The molecule has 0 aliphatic rings. The molecule has 0 saturated heterocycles. The highest BCUT2D eigenvalue weighted by molar-refractivity contribution is 5.95. The Labute approximate surface area is 109 Å². The first-order chi connectivity index (χ1) is 8.76. The van der Waals surface area contributed by atoms with Crippen LogP contribution in [0.3, 0.4) is 0 Å². The molecule has 0 aliphatic heterocycles. The summed E-state index contributed by atoms with van der Waals surface area (Å²) in [6.45, 7) is 5.30. The minimum atomic E-state index is -0.611. The van der Waals surface area contributed by atoms with Gasteiger partial charge in [-0.2, -0.15) is 0 Å². The standard InChI is InChI=1S/C12H16N4O3/c1-12(2,3)19-11(18)14-7-5-8(17)15-10-9(7)16(4)6-13-10/h5-6H,1-4H3,(H2,14,15,17,18). The summed E-state index contributed by atoms with van der Waals surface area (Å²) < 4.78 is 6.86. The number of rotatable bonds is 1. The van der Waals surface area contributed by atoms with Crippen LogP contribution in [-0.4, -0.2) is 26.2 Å². The third-order valence-electron chi connectivity index (χ3n) is 2.34. The van der Waals surface area contributed by atoms with E-state index in [0.717, 1.165) is 0 Å². The summed E-state index contributed by atoms with van der Waals surface area (Å²) in [7, 11) is 1.77. The number of carbonyl (C=O) groups excluding carboxylic acids is 1. The number of aromatic amines is 1. The van der Waals surface area contributed by atoms with Gasteiger partial charge in [0.1, 0.15) is 11.1 Å². The van der Waals surface area contributed by atoms with E-state index in [9.17, 15) is 9.59 Å². The highest BCUT2D eigenvalue weighted by Gasteiger charge is 2.18. The number of imidazole rings is 1. The number of fused-ring (bicyclic) bond motifs is 1. The van der Waals surface area contributed by atoms with Gasteiger partial charge in [0.05, 0.1) is 12.0 Å². The lowest BCUT2D eigenvalue weighted by Gasteiger charge is -2.19. The zero-order valence-corrected chi connectivity index (χ0v) is 11.3. The van der Waals surface area contributed by atoms with E-state index in [2.05, 4.69) is 15.3 Å². The first-order valence-corrected chi connectivity index (χ1v) is 5.80. The molecular formula is C12H16N4O3. The van der Waals surface area contributed by atoms with Crippen LogP contribution in [0.5, 0.6) is 0 Å². The number of amides is 1. The second kappa shape index (κ2) is 4.42. The summed E-state index contributed by atoms with van der Waals surface area (Å²) in [5.41, 5.74) is 0.480. The molecule has 2 aromatic heterocycles. The SMILES string of the molecule is Cn1cnc2[nH]c(=O)cc(NC(=O)OC(C)(C)C)c21. The van der Waals surface area contributed by atoms with Crippen molar-refractivity contribution in [2.24, 2.45) is 7.05 Å². The monoisotopic (exact) mass is 264 g/mol. The largest absolute Gasteiger partial charge is 0.444 e. The van der Waals surface area contributed by atoms with Gasteiger partial charge in [-0.3, -0.25) is 10.1 Å². The second-order valence-electron chi connectivity index (χ2n) is 5.23. The van der Waals surface area contributed by atoms with E-state index in [-0.39, 0.29) is 5.56 Å². The van der Waals surface area contributed by atoms with Gasteiger partial charge in [0.2, 0.25) is 0 Å². The Morgan fingerprint density at radius 3 is 2.79 bits per heavy atom. The topological polar surface area (TPSA) is 89.0 Å². The third kappa shape index (κ3) is 2.93. The number of aromatic nitrogens is 3. The number of hydrogen-bond donors (Lipinski definition) is 2. The van der Waals surface area contributed by atoms with Crippen LogP contribution < -0.4 is 10.9 Å². The predicted octanol–water partition coefficient (Wildman–Crippen LogP) is 1.61. The number of ether oxygens (including phenoxy) is 1. The van der Waals surface area contributed by atoms with E-state index in [1.54, 1.807) is 38.7 Å². The van der Waals surface area contributed by atoms with Gasteiger partial charge in [0, 0.05) is 13.1 Å². The first-order valence-electron chi connectivity index (χ1n) is 5.80. The Morgan fingerprint density at radius 2 is 2.16 bits per heavy atom. The predicted molar refractivity (Wildman–Crippen MR) is 71.2 cm³/mol. The normalized spacial score (nSPS) is 11.6. The molecule has 2 aromatic rings. The molecule has 0 atom stereocenters. The average Bonchev–Trinajstić information content (AvgIpc) is 2.56. The van der Waals surface area contributed by atoms with Gasteiger partial charge in [0.15, 0.2) is 5.65 Å². The fraction of sp³-hybridized carbons (Fsp3) is 0.417. The fourth-order valence-electron chi connectivity index (χ4n) is 1.70. The molecule has 0 aliphatic carbocycles. The summed E-state index contributed by atoms with van der Waals surface area (Å²) >= 11 is 0. The third-order valence-corrected chi connectivity index (χ3v) is 2.34. The van der Waals surface area contributed by atoms with Crippen molar-refractivity contribution in [2.75, 3.05) is 5.32 Å². The number of anilines is 1. The van der Waals surface area contributed by atoms with Gasteiger partial charge >= 0.3 is 6.09 Å². The van der Waals surface area contributed by atoms with Gasteiger partial charge in [0.25, 0.3) is 5.56 Å². The molecule has 7 nitrogen and oxygen atoms in total. The van der Waals surface area contributed by atoms with Crippen LogP contribution in [0.1, 0.15) is 20.8 Å². The Bertz CT molecular complexity index is 678. The van der Waals surface area contributed by atoms with Crippen LogP contribution in [0.2, 0.25) is 0 Å². The molecule has 0 fully saturated rings. The smallest absolute Gasteiger partial charge is 0.412 e. The van der Waals surface area contributed by atoms with Crippen LogP contribution in [0, 0.1) is 0 Å². The van der Waals surface area contributed by atoms with Crippen molar-refractivity contribution >= 4 is 22.9 Å². The quantitative estimate of drug-likeness (QED) is 0.818. The number of nitrogens with zero attached hydrogens (tertiary/aromatic N) is 2. The Balaban J connectivity index is 2.37. The van der Waals surface area contributed by atoms with Gasteiger partial charge < -0.3 is 14.3 Å². The average molecular weight is 264 g/mol. The lowest BCUT2D eigenvalue weighted by molar-refractivity contribution is 0.0636. The second-order valence-corrected chi connectivity index (χ2v) is 5.23. The molecule has 0 radical (unpaired) electrons. The number of carbonyl (C=O) groups is 1. The zero-order valence-electron chi connectivity index (χ0n) is 11.3. The molecule has 0 bridgehead atoms. The summed E-state index contributed by atoms with van der Waals surface area (Å²) in [6.07, 6.45) is 0.946. The Morgan fingerprint density at radius 1 is 1.47 bits per heavy atom.